The molecule has 2 aromatic carbocycles. The van der Waals surface area contributed by atoms with Crippen LogP contribution in [0.5, 0.6) is 0 Å². The average molecular weight is 391 g/mol. The van der Waals surface area contributed by atoms with Gasteiger partial charge in [-0.25, -0.2) is 9.67 Å². The van der Waals surface area contributed by atoms with E-state index in [9.17, 15) is 15.2 Å². The highest BCUT2D eigenvalue weighted by Gasteiger charge is 2.19. The van der Waals surface area contributed by atoms with Crippen LogP contribution in [0.3, 0.4) is 0 Å². The fourth-order valence-electron chi connectivity index (χ4n) is 2.36. The Kier molecular flexibility index (Phi) is 5.32. The Morgan fingerprint density at radius 2 is 1.96 bits per heavy atom. The van der Waals surface area contributed by atoms with Crippen LogP contribution in [0.4, 0.5) is 5.69 Å². The van der Waals surface area contributed by atoms with Crippen molar-refractivity contribution < 1.29 is 10.0 Å². The molecule has 3 rings (SSSR count). The number of aromatic nitrogens is 3. The van der Waals surface area contributed by atoms with Crippen molar-refractivity contribution in [2.24, 2.45) is 0 Å². The maximum absolute atomic E-state index is 10.8. The number of nitro groups is 1. The van der Waals surface area contributed by atoms with E-state index < -0.39 is 11.0 Å². The molecule has 1 unspecified atom stereocenters. The average Bonchev–Trinajstić information content (AvgIpc) is 3.14. The van der Waals surface area contributed by atoms with Gasteiger partial charge in [0, 0.05) is 27.7 Å². The smallest absolute Gasteiger partial charge is 0.269 e. The number of aliphatic hydroxyl groups excluding tert-OH is 1. The van der Waals surface area contributed by atoms with Gasteiger partial charge in [0.05, 0.1) is 10.6 Å². The summed E-state index contributed by atoms with van der Waals surface area (Å²) in [6, 6.07) is 10.7. The summed E-state index contributed by atoms with van der Waals surface area (Å²) in [5, 5.41) is 26.4. The van der Waals surface area contributed by atoms with E-state index in [1.165, 1.54) is 35.5 Å². The van der Waals surface area contributed by atoms with Crippen LogP contribution in [0.15, 0.2) is 55.1 Å². The molecule has 0 saturated heterocycles. The van der Waals surface area contributed by atoms with Gasteiger partial charge >= 0.3 is 0 Å². The molecule has 0 aliphatic rings. The molecule has 0 amide bonds. The third kappa shape index (κ3) is 3.91. The lowest BCUT2D eigenvalue weighted by molar-refractivity contribution is -0.384. The molecule has 0 bridgehead atoms. The van der Waals surface area contributed by atoms with Crippen molar-refractivity contribution in [1.82, 2.24) is 14.8 Å². The maximum Gasteiger partial charge on any atom is 0.269 e. The topological polar surface area (TPSA) is 94.1 Å². The lowest BCUT2D eigenvalue weighted by Gasteiger charge is -2.17. The lowest BCUT2D eigenvalue weighted by Crippen LogP contribution is -2.09. The van der Waals surface area contributed by atoms with Gasteiger partial charge in [-0.1, -0.05) is 29.3 Å². The van der Waals surface area contributed by atoms with Crippen LogP contribution in [0.2, 0.25) is 10.0 Å². The van der Waals surface area contributed by atoms with Crippen LogP contribution in [0, 0.1) is 10.1 Å². The fraction of sp³-hybridized carbons (Fsp3) is 0.0588. The van der Waals surface area contributed by atoms with E-state index in [0.717, 1.165) is 0 Å². The second-order valence-electron chi connectivity index (χ2n) is 5.33. The summed E-state index contributed by atoms with van der Waals surface area (Å²) in [5.41, 5.74) is 1.44. The molecule has 3 aromatic rings. The summed E-state index contributed by atoms with van der Waals surface area (Å²) >= 11 is 12.1. The van der Waals surface area contributed by atoms with Gasteiger partial charge in [-0.15, -0.1) is 0 Å². The number of hydrogen-bond acceptors (Lipinski definition) is 5. The molecule has 0 aliphatic carbocycles. The highest BCUT2D eigenvalue weighted by molar-refractivity contribution is 6.35. The van der Waals surface area contributed by atoms with Crippen molar-refractivity contribution in [3.8, 4) is 0 Å². The Bertz CT molecular complexity index is 957. The Morgan fingerprint density at radius 1 is 1.23 bits per heavy atom. The van der Waals surface area contributed by atoms with Crippen LogP contribution in [0.1, 0.15) is 17.2 Å². The van der Waals surface area contributed by atoms with Gasteiger partial charge in [0.2, 0.25) is 0 Å². The first-order chi connectivity index (χ1) is 12.5. The number of benzene rings is 2. The molecule has 0 fully saturated rings. The van der Waals surface area contributed by atoms with Gasteiger partial charge < -0.3 is 5.11 Å². The van der Waals surface area contributed by atoms with Gasteiger partial charge in [0.25, 0.3) is 5.69 Å². The Labute approximate surface area is 158 Å². The second kappa shape index (κ2) is 7.65. The Hall–Kier alpha value is -2.74. The van der Waals surface area contributed by atoms with Gasteiger partial charge in [-0.3, -0.25) is 10.1 Å². The first-order valence-electron chi connectivity index (χ1n) is 7.40. The predicted molar refractivity (Wildman–Crippen MR) is 98.7 cm³/mol. The van der Waals surface area contributed by atoms with Crippen molar-refractivity contribution in [2.75, 3.05) is 0 Å². The van der Waals surface area contributed by atoms with Gasteiger partial charge in [0.15, 0.2) is 0 Å². The van der Waals surface area contributed by atoms with E-state index >= 15 is 0 Å². The molecule has 1 N–H and O–H groups in total. The number of halogens is 2. The number of nitrogens with zero attached hydrogens (tertiary/aromatic N) is 4. The van der Waals surface area contributed by atoms with E-state index in [-0.39, 0.29) is 5.69 Å². The van der Waals surface area contributed by atoms with E-state index in [2.05, 4.69) is 10.1 Å². The fourth-order valence-corrected chi connectivity index (χ4v) is 2.87. The van der Waals surface area contributed by atoms with Gasteiger partial charge in [-0.05, 0) is 35.9 Å². The molecule has 1 heterocycles. The molecule has 1 aromatic heterocycles. The quantitative estimate of drug-likeness (QED) is 0.519. The first kappa shape index (κ1) is 18.1. The van der Waals surface area contributed by atoms with Crippen LogP contribution >= 0.6 is 23.2 Å². The highest BCUT2D eigenvalue weighted by atomic mass is 35.5. The molecule has 0 aliphatic heterocycles. The molecule has 0 spiro atoms. The number of aliphatic hydroxyl groups is 1. The summed E-state index contributed by atoms with van der Waals surface area (Å²) in [6.45, 7) is 0. The summed E-state index contributed by atoms with van der Waals surface area (Å²) in [6.07, 6.45) is 3.30. The van der Waals surface area contributed by atoms with E-state index in [1.807, 2.05) is 0 Å². The number of hydrogen-bond donors (Lipinski definition) is 1. The van der Waals surface area contributed by atoms with Crippen molar-refractivity contribution in [1.29, 1.82) is 0 Å². The van der Waals surface area contributed by atoms with E-state index in [0.29, 0.717) is 26.9 Å². The molecular weight excluding hydrogens is 379 g/mol. The Balaban J connectivity index is 2.04. The summed E-state index contributed by atoms with van der Waals surface area (Å²) in [4.78, 5) is 14.2. The van der Waals surface area contributed by atoms with E-state index in [1.54, 1.807) is 30.3 Å². The normalized spacial score (nSPS) is 12.8. The summed E-state index contributed by atoms with van der Waals surface area (Å²) in [5.74, 6) is 0. The van der Waals surface area contributed by atoms with Crippen LogP contribution < -0.4 is 0 Å². The van der Waals surface area contributed by atoms with E-state index in [4.69, 9.17) is 23.2 Å². The first-order valence-corrected chi connectivity index (χ1v) is 8.15. The second-order valence-corrected chi connectivity index (χ2v) is 6.17. The van der Waals surface area contributed by atoms with Crippen molar-refractivity contribution in [3.05, 3.63) is 86.4 Å². The molecule has 7 nitrogen and oxygen atoms in total. The summed E-state index contributed by atoms with van der Waals surface area (Å²) < 4.78 is 1.40. The van der Waals surface area contributed by atoms with Crippen LogP contribution in [0.25, 0.3) is 11.8 Å². The van der Waals surface area contributed by atoms with Crippen molar-refractivity contribution >= 4 is 40.7 Å². The predicted octanol–water partition coefficient (Wildman–Crippen LogP) is 4.22. The molecule has 132 valence electrons. The zero-order chi connectivity index (χ0) is 18.7. The minimum absolute atomic E-state index is 0.0225. The number of nitro benzene ring substituents is 1. The van der Waals surface area contributed by atoms with Crippen molar-refractivity contribution in [2.45, 2.75) is 6.10 Å². The lowest BCUT2D eigenvalue weighted by atomic mass is 10.0. The molecule has 1 atom stereocenters. The number of non-ortho nitro benzene ring substituents is 1. The largest absolute Gasteiger partial charge is 0.382 e. The molecule has 26 heavy (non-hydrogen) atoms. The monoisotopic (exact) mass is 390 g/mol. The minimum Gasteiger partial charge on any atom is -0.382 e. The van der Waals surface area contributed by atoms with Crippen LogP contribution in [-0.4, -0.2) is 24.8 Å². The Morgan fingerprint density at radius 3 is 2.54 bits per heavy atom. The van der Waals surface area contributed by atoms with Gasteiger partial charge in [-0.2, -0.15) is 5.10 Å². The van der Waals surface area contributed by atoms with Gasteiger partial charge in [0.1, 0.15) is 18.8 Å². The van der Waals surface area contributed by atoms with Crippen LogP contribution in [-0.2, 0) is 0 Å². The molecule has 0 radical (unpaired) electrons. The zero-order valence-electron chi connectivity index (χ0n) is 13.2. The SMILES string of the molecule is O=[N+]([O-])c1ccc(/C=C(\C(O)c2ccc(Cl)cc2Cl)n2cncn2)cc1. The molecular formula is C17H12Cl2N4O3. The third-order valence-electron chi connectivity index (χ3n) is 3.64. The van der Waals surface area contributed by atoms with Crippen molar-refractivity contribution in [3.63, 3.8) is 0 Å². The minimum atomic E-state index is -1.11. The zero-order valence-corrected chi connectivity index (χ0v) is 14.7. The molecule has 9 heteroatoms. The third-order valence-corrected chi connectivity index (χ3v) is 4.20. The maximum atomic E-state index is 10.8. The standard InChI is InChI=1S/C17H12Cl2N4O3/c18-12-3-6-14(15(19)8-12)17(24)16(22-10-20-9-21-22)7-11-1-4-13(5-2-11)23(25)26/h1-10,17,24H/b16-7+. The highest BCUT2D eigenvalue weighted by Crippen LogP contribution is 2.33. The summed E-state index contributed by atoms with van der Waals surface area (Å²) in [7, 11) is 0. The molecule has 0 saturated carbocycles. The number of rotatable bonds is 5.